The van der Waals surface area contributed by atoms with Gasteiger partial charge in [0.1, 0.15) is 0 Å². The van der Waals surface area contributed by atoms with E-state index in [2.05, 4.69) is 17.9 Å². The van der Waals surface area contributed by atoms with Gasteiger partial charge in [0.2, 0.25) is 0 Å². The standard InChI is InChI=1S/C18H20N2O/c1-2-20-11-5-6-13-9-10-14(12-17(13)20)18(21)15-7-3-4-8-16(15)19/h3-4,7-10,12H,2,5-6,11,19H2,1H3. The molecule has 3 heteroatoms. The second-order valence-electron chi connectivity index (χ2n) is 5.44. The highest BCUT2D eigenvalue weighted by molar-refractivity contribution is 6.12. The Kier molecular flexibility index (Phi) is 3.65. The molecule has 1 aliphatic heterocycles. The lowest BCUT2D eigenvalue weighted by Crippen LogP contribution is -2.29. The highest BCUT2D eigenvalue weighted by Crippen LogP contribution is 2.29. The van der Waals surface area contributed by atoms with Gasteiger partial charge in [0.05, 0.1) is 0 Å². The fourth-order valence-electron chi connectivity index (χ4n) is 2.98. The van der Waals surface area contributed by atoms with Gasteiger partial charge in [-0.2, -0.15) is 0 Å². The molecule has 0 unspecified atom stereocenters. The molecule has 0 spiro atoms. The molecule has 0 aromatic heterocycles. The average Bonchev–Trinajstić information content (AvgIpc) is 2.53. The molecule has 0 aliphatic carbocycles. The van der Waals surface area contributed by atoms with Crippen LogP contribution in [0.1, 0.15) is 34.8 Å². The van der Waals surface area contributed by atoms with Crippen LogP contribution >= 0.6 is 0 Å². The minimum atomic E-state index is -0.00229. The number of hydrogen-bond donors (Lipinski definition) is 1. The molecule has 3 nitrogen and oxygen atoms in total. The lowest BCUT2D eigenvalue weighted by molar-refractivity contribution is 0.103. The molecular formula is C18H20N2O. The number of anilines is 2. The molecule has 0 saturated carbocycles. The summed E-state index contributed by atoms with van der Waals surface area (Å²) in [4.78, 5) is 15.0. The van der Waals surface area contributed by atoms with E-state index in [1.54, 1.807) is 12.1 Å². The highest BCUT2D eigenvalue weighted by atomic mass is 16.1. The van der Waals surface area contributed by atoms with E-state index >= 15 is 0 Å². The largest absolute Gasteiger partial charge is 0.398 e. The summed E-state index contributed by atoms with van der Waals surface area (Å²) in [5.74, 6) is -0.00229. The van der Waals surface area contributed by atoms with Crippen molar-refractivity contribution in [1.29, 1.82) is 0 Å². The molecule has 2 aromatic carbocycles. The van der Waals surface area contributed by atoms with Gasteiger partial charge in [0, 0.05) is 35.6 Å². The predicted molar refractivity (Wildman–Crippen MR) is 86.9 cm³/mol. The number of rotatable bonds is 3. The van der Waals surface area contributed by atoms with Crippen molar-refractivity contribution in [1.82, 2.24) is 0 Å². The predicted octanol–water partition coefficient (Wildman–Crippen LogP) is 3.27. The van der Waals surface area contributed by atoms with E-state index in [1.807, 2.05) is 24.3 Å². The normalized spacial score (nSPS) is 13.9. The van der Waals surface area contributed by atoms with Crippen molar-refractivity contribution in [2.24, 2.45) is 0 Å². The number of fused-ring (bicyclic) bond motifs is 1. The Morgan fingerprint density at radius 1 is 1.24 bits per heavy atom. The fourth-order valence-corrected chi connectivity index (χ4v) is 2.98. The van der Waals surface area contributed by atoms with Gasteiger partial charge in [-0.1, -0.05) is 24.3 Å². The van der Waals surface area contributed by atoms with Gasteiger partial charge in [0.25, 0.3) is 0 Å². The number of carbonyl (C=O) groups is 1. The number of carbonyl (C=O) groups excluding carboxylic acids is 1. The van der Waals surface area contributed by atoms with Crippen molar-refractivity contribution >= 4 is 17.2 Å². The number of ketones is 1. The Morgan fingerprint density at radius 3 is 2.81 bits per heavy atom. The summed E-state index contributed by atoms with van der Waals surface area (Å²) in [5, 5.41) is 0. The van der Waals surface area contributed by atoms with E-state index in [-0.39, 0.29) is 5.78 Å². The number of nitrogens with two attached hydrogens (primary N) is 1. The summed E-state index contributed by atoms with van der Waals surface area (Å²) in [6.07, 6.45) is 2.27. The molecule has 0 atom stereocenters. The van der Waals surface area contributed by atoms with E-state index in [1.165, 1.54) is 17.7 Å². The number of aryl methyl sites for hydroxylation is 1. The molecule has 2 N–H and O–H groups in total. The zero-order chi connectivity index (χ0) is 14.8. The molecule has 0 fully saturated rings. The number of nitrogen functional groups attached to an aromatic ring is 1. The lowest BCUT2D eigenvalue weighted by Gasteiger charge is -2.30. The smallest absolute Gasteiger partial charge is 0.195 e. The monoisotopic (exact) mass is 280 g/mol. The quantitative estimate of drug-likeness (QED) is 0.693. The molecule has 0 bridgehead atoms. The summed E-state index contributed by atoms with van der Waals surface area (Å²) >= 11 is 0. The second kappa shape index (κ2) is 5.60. The molecule has 2 aromatic rings. The third-order valence-electron chi connectivity index (χ3n) is 4.15. The maximum atomic E-state index is 12.6. The maximum absolute atomic E-state index is 12.6. The molecule has 21 heavy (non-hydrogen) atoms. The van der Waals surface area contributed by atoms with Crippen LogP contribution in [0.15, 0.2) is 42.5 Å². The lowest BCUT2D eigenvalue weighted by atomic mass is 9.95. The summed E-state index contributed by atoms with van der Waals surface area (Å²) in [7, 11) is 0. The SMILES string of the molecule is CCN1CCCc2ccc(C(=O)c3ccccc3N)cc21. The Bertz CT molecular complexity index is 679. The summed E-state index contributed by atoms with van der Waals surface area (Å²) in [6, 6.07) is 13.3. The Balaban J connectivity index is 2.00. The first kappa shape index (κ1) is 13.7. The maximum Gasteiger partial charge on any atom is 0.195 e. The molecule has 3 rings (SSSR count). The van der Waals surface area contributed by atoms with Gasteiger partial charge in [-0.15, -0.1) is 0 Å². The number of nitrogens with zero attached hydrogens (tertiary/aromatic N) is 1. The summed E-state index contributed by atoms with van der Waals surface area (Å²) in [5.41, 5.74) is 10.3. The van der Waals surface area contributed by atoms with E-state index in [4.69, 9.17) is 5.73 Å². The number of benzene rings is 2. The molecule has 0 saturated heterocycles. The van der Waals surface area contributed by atoms with E-state index in [9.17, 15) is 4.79 Å². The van der Waals surface area contributed by atoms with E-state index in [0.717, 1.165) is 19.5 Å². The Hall–Kier alpha value is -2.29. The summed E-state index contributed by atoms with van der Waals surface area (Å²) in [6.45, 7) is 4.19. The van der Waals surface area contributed by atoms with Crippen LogP contribution in [0.25, 0.3) is 0 Å². The number of para-hydroxylation sites is 1. The van der Waals surface area contributed by atoms with Crippen LogP contribution in [0.5, 0.6) is 0 Å². The van der Waals surface area contributed by atoms with Crippen molar-refractivity contribution in [3.8, 4) is 0 Å². The molecule has 1 aliphatic rings. The van der Waals surface area contributed by atoms with Crippen LogP contribution in [0.3, 0.4) is 0 Å². The van der Waals surface area contributed by atoms with Crippen molar-refractivity contribution in [2.75, 3.05) is 23.7 Å². The Morgan fingerprint density at radius 2 is 2.05 bits per heavy atom. The van der Waals surface area contributed by atoms with Crippen LogP contribution in [-0.4, -0.2) is 18.9 Å². The van der Waals surface area contributed by atoms with Crippen LogP contribution in [0.4, 0.5) is 11.4 Å². The highest BCUT2D eigenvalue weighted by Gasteiger charge is 2.19. The fraction of sp³-hybridized carbons (Fsp3) is 0.278. The topological polar surface area (TPSA) is 46.3 Å². The minimum Gasteiger partial charge on any atom is -0.398 e. The zero-order valence-corrected chi connectivity index (χ0v) is 12.3. The zero-order valence-electron chi connectivity index (χ0n) is 12.3. The molecule has 0 amide bonds. The second-order valence-corrected chi connectivity index (χ2v) is 5.44. The van der Waals surface area contributed by atoms with Crippen LogP contribution in [-0.2, 0) is 6.42 Å². The molecule has 108 valence electrons. The van der Waals surface area contributed by atoms with Crippen molar-refractivity contribution < 1.29 is 4.79 Å². The third-order valence-corrected chi connectivity index (χ3v) is 4.15. The minimum absolute atomic E-state index is 0.00229. The first-order valence-corrected chi connectivity index (χ1v) is 7.47. The van der Waals surface area contributed by atoms with Crippen molar-refractivity contribution in [3.63, 3.8) is 0 Å². The van der Waals surface area contributed by atoms with Crippen molar-refractivity contribution in [2.45, 2.75) is 19.8 Å². The summed E-state index contributed by atoms with van der Waals surface area (Å²) < 4.78 is 0. The molecular weight excluding hydrogens is 260 g/mol. The van der Waals surface area contributed by atoms with Crippen LogP contribution in [0, 0.1) is 0 Å². The first-order valence-electron chi connectivity index (χ1n) is 7.47. The van der Waals surface area contributed by atoms with Gasteiger partial charge >= 0.3 is 0 Å². The van der Waals surface area contributed by atoms with Crippen LogP contribution in [0.2, 0.25) is 0 Å². The van der Waals surface area contributed by atoms with Gasteiger partial charge < -0.3 is 10.6 Å². The molecule has 0 radical (unpaired) electrons. The van der Waals surface area contributed by atoms with Crippen LogP contribution < -0.4 is 10.6 Å². The van der Waals surface area contributed by atoms with E-state index < -0.39 is 0 Å². The van der Waals surface area contributed by atoms with Gasteiger partial charge in [-0.05, 0) is 43.5 Å². The van der Waals surface area contributed by atoms with Gasteiger partial charge in [-0.3, -0.25) is 4.79 Å². The van der Waals surface area contributed by atoms with Gasteiger partial charge in [0.15, 0.2) is 5.78 Å². The first-order chi connectivity index (χ1) is 10.2. The third kappa shape index (κ3) is 2.51. The average molecular weight is 280 g/mol. The Labute approximate surface area is 125 Å². The molecule has 1 heterocycles. The van der Waals surface area contributed by atoms with Gasteiger partial charge in [-0.25, -0.2) is 0 Å². The van der Waals surface area contributed by atoms with Crippen molar-refractivity contribution in [3.05, 3.63) is 59.2 Å². The number of hydrogen-bond acceptors (Lipinski definition) is 3. The van der Waals surface area contributed by atoms with E-state index in [0.29, 0.717) is 16.8 Å².